The van der Waals surface area contributed by atoms with Crippen LogP contribution in [0.3, 0.4) is 0 Å². The topological polar surface area (TPSA) is 9.23 Å². The Kier molecular flexibility index (Phi) is 5.17. The Labute approximate surface area is 133 Å². The summed E-state index contributed by atoms with van der Waals surface area (Å²) >= 11 is 9.49. The van der Waals surface area contributed by atoms with Crippen LogP contribution in [0.1, 0.15) is 23.4 Å². The van der Waals surface area contributed by atoms with Crippen molar-refractivity contribution in [1.29, 1.82) is 0 Å². The van der Waals surface area contributed by atoms with Crippen LogP contribution < -0.4 is 4.74 Å². The summed E-state index contributed by atoms with van der Waals surface area (Å²) in [6.45, 7) is 2.35. The second-order valence-electron chi connectivity index (χ2n) is 4.25. The third kappa shape index (κ3) is 3.35. The minimum absolute atomic E-state index is 0.119. The zero-order chi connectivity index (χ0) is 15.6. The fourth-order valence-electron chi connectivity index (χ4n) is 1.86. The van der Waals surface area contributed by atoms with E-state index in [9.17, 15) is 13.2 Å². The van der Waals surface area contributed by atoms with Crippen molar-refractivity contribution in [3.8, 4) is 5.75 Å². The van der Waals surface area contributed by atoms with Gasteiger partial charge in [-0.05, 0) is 46.6 Å². The first-order valence-corrected chi connectivity index (χ1v) is 7.38. The monoisotopic (exact) mass is 378 g/mol. The lowest BCUT2D eigenvalue weighted by Crippen LogP contribution is -2.02. The van der Waals surface area contributed by atoms with Gasteiger partial charge in [0.1, 0.15) is 5.75 Å². The molecule has 1 atom stereocenters. The van der Waals surface area contributed by atoms with Crippen molar-refractivity contribution in [2.75, 3.05) is 6.61 Å². The highest BCUT2D eigenvalue weighted by atomic mass is 79.9. The summed E-state index contributed by atoms with van der Waals surface area (Å²) < 4.78 is 46.0. The minimum atomic E-state index is -1.52. The molecule has 0 amide bonds. The van der Waals surface area contributed by atoms with Crippen LogP contribution in [0.25, 0.3) is 0 Å². The van der Waals surface area contributed by atoms with Gasteiger partial charge in [-0.2, -0.15) is 0 Å². The molecule has 2 aromatic rings. The Hall–Kier alpha value is -1.20. The van der Waals surface area contributed by atoms with Gasteiger partial charge in [0.05, 0.1) is 16.5 Å². The molecule has 0 aliphatic heterocycles. The second kappa shape index (κ2) is 6.71. The third-order valence-electron chi connectivity index (χ3n) is 2.89. The van der Waals surface area contributed by atoms with Crippen LogP contribution in [0.15, 0.2) is 34.8 Å². The molecule has 0 radical (unpaired) electrons. The van der Waals surface area contributed by atoms with Gasteiger partial charge in [0.15, 0.2) is 17.5 Å². The molecule has 0 aromatic heterocycles. The lowest BCUT2D eigenvalue weighted by molar-refractivity contribution is 0.338. The van der Waals surface area contributed by atoms with Crippen molar-refractivity contribution in [2.45, 2.75) is 12.3 Å². The molecule has 0 N–H and O–H groups in total. The predicted octanol–water partition coefficient (Wildman–Crippen LogP) is 5.59. The quantitative estimate of drug-likeness (QED) is 0.497. The molecule has 0 aliphatic rings. The summed E-state index contributed by atoms with van der Waals surface area (Å²) in [5.74, 6) is -3.42. The van der Waals surface area contributed by atoms with E-state index in [0.29, 0.717) is 22.4 Å². The molecule has 0 bridgehead atoms. The lowest BCUT2D eigenvalue weighted by atomic mass is 10.0. The van der Waals surface area contributed by atoms with Gasteiger partial charge in [-0.25, -0.2) is 13.2 Å². The van der Waals surface area contributed by atoms with Crippen molar-refractivity contribution in [3.05, 3.63) is 63.4 Å². The highest BCUT2D eigenvalue weighted by Gasteiger charge is 2.21. The van der Waals surface area contributed by atoms with E-state index >= 15 is 0 Å². The van der Waals surface area contributed by atoms with Gasteiger partial charge in [0, 0.05) is 5.56 Å². The molecule has 1 unspecified atom stereocenters. The van der Waals surface area contributed by atoms with Crippen LogP contribution in [-0.2, 0) is 0 Å². The molecule has 6 heteroatoms. The van der Waals surface area contributed by atoms with E-state index in [2.05, 4.69) is 15.9 Å². The van der Waals surface area contributed by atoms with Crippen LogP contribution in [-0.4, -0.2) is 6.61 Å². The van der Waals surface area contributed by atoms with E-state index in [0.717, 1.165) is 12.1 Å². The Morgan fingerprint density at radius 2 is 1.86 bits per heavy atom. The molecule has 2 rings (SSSR count). The molecule has 0 heterocycles. The van der Waals surface area contributed by atoms with Crippen molar-refractivity contribution >= 4 is 27.5 Å². The molecular formula is C15H11BrClF3O. The van der Waals surface area contributed by atoms with Gasteiger partial charge >= 0.3 is 0 Å². The van der Waals surface area contributed by atoms with Crippen LogP contribution in [0.2, 0.25) is 0 Å². The maximum atomic E-state index is 13.8. The summed E-state index contributed by atoms with van der Waals surface area (Å²) in [7, 11) is 0. The van der Waals surface area contributed by atoms with Gasteiger partial charge in [-0.1, -0.05) is 12.1 Å². The molecule has 0 saturated heterocycles. The summed E-state index contributed by atoms with van der Waals surface area (Å²) in [6.07, 6.45) is 0. The number of rotatable bonds is 4. The van der Waals surface area contributed by atoms with Crippen LogP contribution in [0.5, 0.6) is 5.75 Å². The first-order chi connectivity index (χ1) is 9.95. The maximum Gasteiger partial charge on any atom is 0.194 e. The highest BCUT2D eigenvalue weighted by molar-refractivity contribution is 9.10. The lowest BCUT2D eigenvalue weighted by Gasteiger charge is -2.14. The standard InChI is InChI=1S/C15H11BrClF3O/c1-2-21-12-6-3-8(7-10(12)16)13(17)9-4-5-11(18)15(20)14(9)19/h3-7,13H,2H2,1H3. The summed E-state index contributed by atoms with van der Waals surface area (Å²) in [5, 5.41) is -0.938. The van der Waals surface area contributed by atoms with Crippen molar-refractivity contribution in [1.82, 2.24) is 0 Å². The average molecular weight is 380 g/mol. The van der Waals surface area contributed by atoms with E-state index in [1.54, 1.807) is 18.2 Å². The normalized spacial score (nSPS) is 12.3. The Bertz CT molecular complexity index is 664. The summed E-state index contributed by atoms with van der Waals surface area (Å²) in [5.41, 5.74) is 0.420. The molecule has 0 saturated carbocycles. The zero-order valence-corrected chi connectivity index (χ0v) is 13.3. The number of ether oxygens (including phenoxy) is 1. The van der Waals surface area contributed by atoms with E-state index in [1.807, 2.05) is 6.92 Å². The summed E-state index contributed by atoms with van der Waals surface area (Å²) in [4.78, 5) is 0. The van der Waals surface area contributed by atoms with Crippen LogP contribution in [0.4, 0.5) is 13.2 Å². The van der Waals surface area contributed by atoms with Crippen molar-refractivity contribution in [2.24, 2.45) is 0 Å². The van der Waals surface area contributed by atoms with Crippen LogP contribution in [0, 0.1) is 17.5 Å². The Morgan fingerprint density at radius 1 is 1.14 bits per heavy atom. The van der Waals surface area contributed by atoms with Crippen molar-refractivity contribution in [3.63, 3.8) is 0 Å². The van der Waals surface area contributed by atoms with Crippen LogP contribution >= 0.6 is 27.5 Å². The zero-order valence-electron chi connectivity index (χ0n) is 11.0. The first-order valence-electron chi connectivity index (χ1n) is 6.15. The van der Waals surface area contributed by atoms with Gasteiger partial charge in [-0.15, -0.1) is 11.6 Å². The summed E-state index contributed by atoms with van der Waals surface area (Å²) in [6, 6.07) is 6.97. The molecule has 0 aliphatic carbocycles. The Balaban J connectivity index is 2.38. The third-order valence-corrected chi connectivity index (χ3v) is 3.99. The van der Waals surface area contributed by atoms with Gasteiger partial charge in [-0.3, -0.25) is 0 Å². The van der Waals surface area contributed by atoms with Crippen molar-refractivity contribution < 1.29 is 17.9 Å². The highest BCUT2D eigenvalue weighted by Crippen LogP contribution is 2.36. The SMILES string of the molecule is CCOc1ccc(C(Cl)c2ccc(F)c(F)c2F)cc1Br. The minimum Gasteiger partial charge on any atom is -0.493 e. The van der Waals surface area contributed by atoms with E-state index < -0.39 is 22.8 Å². The van der Waals surface area contributed by atoms with E-state index in [1.165, 1.54) is 0 Å². The molecule has 1 nitrogen and oxygen atoms in total. The van der Waals surface area contributed by atoms with Gasteiger partial charge in [0.2, 0.25) is 0 Å². The Morgan fingerprint density at radius 3 is 2.48 bits per heavy atom. The number of alkyl halides is 1. The largest absolute Gasteiger partial charge is 0.493 e. The first kappa shape index (κ1) is 16.2. The second-order valence-corrected chi connectivity index (χ2v) is 5.54. The van der Waals surface area contributed by atoms with Gasteiger partial charge in [0.25, 0.3) is 0 Å². The molecular weight excluding hydrogens is 369 g/mol. The number of hydrogen-bond donors (Lipinski definition) is 0. The molecule has 112 valence electrons. The fraction of sp³-hybridized carbons (Fsp3) is 0.200. The molecule has 2 aromatic carbocycles. The fourth-order valence-corrected chi connectivity index (χ4v) is 2.68. The molecule has 0 spiro atoms. The van der Waals surface area contributed by atoms with E-state index in [4.69, 9.17) is 16.3 Å². The number of hydrogen-bond acceptors (Lipinski definition) is 1. The van der Waals surface area contributed by atoms with Gasteiger partial charge < -0.3 is 4.74 Å². The maximum absolute atomic E-state index is 13.8. The number of halogens is 5. The predicted molar refractivity (Wildman–Crippen MR) is 79.3 cm³/mol. The number of benzene rings is 2. The molecule has 0 fully saturated rings. The molecule has 21 heavy (non-hydrogen) atoms. The average Bonchev–Trinajstić information content (AvgIpc) is 2.46. The van der Waals surface area contributed by atoms with E-state index in [-0.39, 0.29) is 5.56 Å². The smallest absolute Gasteiger partial charge is 0.194 e.